The van der Waals surface area contributed by atoms with E-state index in [-0.39, 0.29) is 12.0 Å². The molecule has 0 aromatic heterocycles. The molecule has 1 heterocycles. The minimum Gasteiger partial charge on any atom is -0.480 e. The summed E-state index contributed by atoms with van der Waals surface area (Å²) in [6.07, 6.45) is 0.959. The summed E-state index contributed by atoms with van der Waals surface area (Å²) in [5.41, 5.74) is 2.36. The molecule has 4 heteroatoms. The number of hydrogen-bond acceptors (Lipinski definition) is 2. The number of likely N-dealkylation sites (tertiary alicyclic amines) is 1. The van der Waals surface area contributed by atoms with Crippen LogP contribution in [0.25, 0.3) is 0 Å². The van der Waals surface area contributed by atoms with Gasteiger partial charge in [-0.05, 0) is 43.0 Å². The number of halogens is 1. The van der Waals surface area contributed by atoms with E-state index in [4.69, 9.17) is 0 Å². The predicted octanol–water partition coefficient (Wildman–Crippen LogP) is 3.05. The second-order valence-corrected chi connectivity index (χ2v) is 5.97. The van der Waals surface area contributed by atoms with Crippen LogP contribution in [0.3, 0.4) is 0 Å². The van der Waals surface area contributed by atoms with Crippen LogP contribution in [0.1, 0.15) is 24.5 Å². The molecule has 2 unspecified atom stereocenters. The maximum atomic E-state index is 11.3. The summed E-state index contributed by atoms with van der Waals surface area (Å²) in [6, 6.07) is 5.86. The number of carboxylic acids is 1. The fourth-order valence-electron chi connectivity index (χ4n) is 2.60. The molecule has 1 aromatic carbocycles. The van der Waals surface area contributed by atoms with Gasteiger partial charge in [0.2, 0.25) is 0 Å². The molecule has 1 aliphatic heterocycles. The zero-order valence-electron chi connectivity index (χ0n) is 10.7. The fraction of sp³-hybridized carbons (Fsp3) is 0.500. The van der Waals surface area contributed by atoms with Crippen LogP contribution in [0, 0.1) is 12.8 Å². The van der Waals surface area contributed by atoms with E-state index < -0.39 is 5.97 Å². The van der Waals surface area contributed by atoms with Crippen molar-refractivity contribution in [3.63, 3.8) is 0 Å². The van der Waals surface area contributed by atoms with Gasteiger partial charge in [-0.2, -0.15) is 0 Å². The Balaban J connectivity index is 2.16. The minimum atomic E-state index is -0.705. The highest BCUT2D eigenvalue weighted by Crippen LogP contribution is 2.28. The first-order chi connectivity index (χ1) is 8.49. The van der Waals surface area contributed by atoms with Gasteiger partial charge in [-0.1, -0.05) is 35.0 Å². The van der Waals surface area contributed by atoms with Gasteiger partial charge in [-0.3, -0.25) is 9.69 Å². The van der Waals surface area contributed by atoms with Crippen molar-refractivity contribution < 1.29 is 9.90 Å². The molecule has 98 valence electrons. The van der Waals surface area contributed by atoms with Crippen molar-refractivity contribution in [2.45, 2.75) is 32.9 Å². The number of aryl methyl sites for hydroxylation is 1. The average Bonchev–Trinajstić information content (AvgIpc) is 2.64. The van der Waals surface area contributed by atoms with Crippen LogP contribution >= 0.6 is 15.9 Å². The molecule has 0 amide bonds. The summed E-state index contributed by atoms with van der Waals surface area (Å²) in [5, 5.41) is 9.29. The van der Waals surface area contributed by atoms with Gasteiger partial charge in [-0.15, -0.1) is 0 Å². The van der Waals surface area contributed by atoms with Crippen molar-refractivity contribution in [2.24, 2.45) is 5.92 Å². The summed E-state index contributed by atoms with van der Waals surface area (Å²) < 4.78 is 1.06. The Morgan fingerprint density at radius 1 is 1.56 bits per heavy atom. The first kappa shape index (κ1) is 13.6. The SMILES string of the molecule is Cc1ccc(CN2CCC(C)C2C(=O)O)c(Br)c1. The Kier molecular flexibility index (Phi) is 4.07. The van der Waals surface area contributed by atoms with Crippen molar-refractivity contribution in [3.05, 3.63) is 33.8 Å². The smallest absolute Gasteiger partial charge is 0.321 e. The molecule has 0 radical (unpaired) electrons. The molecule has 1 fully saturated rings. The maximum absolute atomic E-state index is 11.3. The van der Waals surface area contributed by atoms with Gasteiger partial charge in [0.15, 0.2) is 0 Å². The molecule has 0 spiro atoms. The third kappa shape index (κ3) is 2.75. The number of aliphatic carboxylic acids is 1. The molecule has 3 nitrogen and oxygen atoms in total. The molecule has 1 saturated heterocycles. The second kappa shape index (κ2) is 5.41. The highest BCUT2D eigenvalue weighted by Gasteiger charge is 2.36. The second-order valence-electron chi connectivity index (χ2n) is 5.11. The van der Waals surface area contributed by atoms with Crippen LogP contribution in [0.2, 0.25) is 0 Å². The Bertz CT molecular complexity index is 461. The molecule has 0 aliphatic carbocycles. The van der Waals surface area contributed by atoms with Crippen LogP contribution in [-0.4, -0.2) is 28.6 Å². The molecule has 0 saturated carbocycles. The van der Waals surface area contributed by atoms with E-state index in [0.29, 0.717) is 6.54 Å². The van der Waals surface area contributed by atoms with Crippen molar-refractivity contribution >= 4 is 21.9 Å². The average molecular weight is 312 g/mol. The van der Waals surface area contributed by atoms with E-state index in [1.165, 1.54) is 5.56 Å². The molecule has 0 bridgehead atoms. The summed E-state index contributed by atoms with van der Waals surface area (Å²) in [7, 11) is 0. The van der Waals surface area contributed by atoms with Crippen molar-refractivity contribution in [1.29, 1.82) is 0 Å². The molecule has 1 aliphatic rings. The lowest BCUT2D eigenvalue weighted by atomic mass is 10.0. The predicted molar refractivity (Wildman–Crippen MR) is 74.5 cm³/mol. The summed E-state index contributed by atoms with van der Waals surface area (Å²) >= 11 is 3.55. The highest BCUT2D eigenvalue weighted by molar-refractivity contribution is 9.10. The third-order valence-corrected chi connectivity index (χ3v) is 4.38. The van der Waals surface area contributed by atoms with Gasteiger partial charge in [-0.25, -0.2) is 0 Å². The molecular formula is C14H18BrNO2. The number of nitrogens with zero attached hydrogens (tertiary/aromatic N) is 1. The normalized spacial score (nSPS) is 24.4. The van der Waals surface area contributed by atoms with Gasteiger partial charge in [0.05, 0.1) is 0 Å². The van der Waals surface area contributed by atoms with Gasteiger partial charge in [0.1, 0.15) is 6.04 Å². The van der Waals surface area contributed by atoms with Crippen LogP contribution in [-0.2, 0) is 11.3 Å². The quantitative estimate of drug-likeness (QED) is 0.932. The van der Waals surface area contributed by atoms with Crippen LogP contribution in [0.15, 0.2) is 22.7 Å². The van der Waals surface area contributed by atoms with Gasteiger partial charge >= 0.3 is 5.97 Å². The Morgan fingerprint density at radius 3 is 2.89 bits per heavy atom. The van der Waals surface area contributed by atoms with Gasteiger partial charge < -0.3 is 5.11 Å². The number of carbonyl (C=O) groups is 1. The summed E-state index contributed by atoms with van der Waals surface area (Å²) in [5.74, 6) is -0.477. The lowest BCUT2D eigenvalue weighted by molar-refractivity contribution is -0.143. The van der Waals surface area contributed by atoms with Crippen LogP contribution < -0.4 is 0 Å². The molecule has 1 aromatic rings. The number of carboxylic acid groups (broad SMARTS) is 1. The van der Waals surface area contributed by atoms with E-state index in [0.717, 1.165) is 23.0 Å². The third-order valence-electron chi connectivity index (χ3n) is 3.64. The van der Waals surface area contributed by atoms with E-state index in [2.05, 4.69) is 39.0 Å². The number of rotatable bonds is 3. The van der Waals surface area contributed by atoms with Crippen molar-refractivity contribution in [2.75, 3.05) is 6.54 Å². The van der Waals surface area contributed by atoms with E-state index in [1.54, 1.807) is 0 Å². The van der Waals surface area contributed by atoms with Gasteiger partial charge in [0.25, 0.3) is 0 Å². The first-order valence-electron chi connectivity index (χ1n) is 6.21. The largest absolute Gasteiger partial charge is 0.480 e. The van der Waals surface area contributed by atoms with Crippen LogP contribution in [0.5, 0.6) is 0 Å². The maximum Gasteiger partial charge on any atom is 0.321 e. The molecule has 1 N–H and O–H groups in total. The van der Waals surface area contributed by atoms with E-state index in [1.807, 2.05) is 13.8 Å². The zero-order valence-corrected chi connectivity index (χ0v) is 12.3. The van der Waals surface area contributed by atoms with Crippen molar-refractivity contribution in [1.82, 2.24) is 4.90 Å². The van der Waals surface area contributed by atoms with E-state index >= 15 is 0 Å². The lowest BCUT2D eigenvalue weighted by Gasteiger charge is -2.23. The minimum absolute atomic E-state index is 0.228. The van der Waals surface area contributed by atoms with Crippen LogP contribution in [0.4, 0.5) is 0 Å². The molecular weight excluding hydrogens is 294 g/mol. The lowest BCUT2D eigenvalue weighted by Crippen LogP contribution is -2.38. The molecule has 18 heavy (non-hydrogen) atoms. The topological polar surface area (TPSA) is 40.5 Å². The molecule has 2 atom stereocenters. The highest BCUT2D eigenvalue weighted by atomic mass is 79.9. The van der Waals surface area contributed by atoms with Crippen molar-refractivity contribution in [3.8, 4) is 0 Å². The molecule has 2 rings (SSSR count). The number of benzene rings is 1. The Hall–Kier alpha value is -0.870. The first-order valence-corrected chi connectivity index (χ1v) is 7.00. The summed E-state index contributed by atoms with van der Waals surface area (Å²) in [6.45, 7) is 5.62. The summed E-state index contributed by atoms with van der Waals surface area (Å²) in [4.78, 5) is 13.4. The standard InChI is InChI=1S/C14H18BrNO2/c1-9-3-4-11(12(15)7-9)8-16-6-5-10(2)13(16)14(17)18/h3-4,7,10,13H,5-6,8H2,1-2H3,(H,17,18). The monoisotopic (exact) mass is 311 g/mol. The zero-order chi connectivity index (χ0) is 13.3. The van der Waals surface area contributed by atoms with E-state index in [9.17, 15) is 9.90 Å². The Labute approximate surface area is 116 Å². The van der Waals surface area contributed by atoms with Gasteiger partial charge in [0, 0.05) is 11.0 Å². The number of hydrogen-bond donors (Lipinski definition) is 1. The fourth-order valence-corrected chi connectivity index (χ4v) is 3.22. The Morgan fingerprint density at radius 2 is 2.28 bits per heavy atom.